The number of rotatable bonds is 9. The minimum atomic E-state index is -2.29. The van der Waals surface area contributed by atoms with Crippen molar-refractivity contribution >= 4 is 23.5 Å². The largest absolute Gasteiger partial charge is 0.489 e. The number of carboxylic acids is 1. The second-order valence-electron chi connectivity index (χ2n) is 8.22. The minimum absolute atomic E-state index is 0. The van der Waals surface area contributed by atoms with Crippen LogP contribution in [0.2, 0.25) is 5.02 Å². The molecule has 191 valence electrons. The molecule has 0 bridgehead atoms. The summed E-state index contributed by atoms with van der Waals surface area (Å²) in [4.78, 5) is 25.1. The Balaban J connectivity index is 0.00000361. The summed E-state index contributed by atoms with van der Waals surface area (Å²) in [5, 5.41) is 38.2. The van der Waals surface area contributed by atoms with Crippen molar-refractivity contribution < 1.29 is 34.8 Å². The second-order valence-corrected chi connectivity index (χ2v) is 8.63. The van der Waals surface area contributed by atoms with Gasteiger partial charge in [0.15, 0.2) is 0 Å². The van der Waals surface area contributed by atoms with Crippen molar-refractivity contribution in [2.24, 2.45) is 0 Å². The van der Waals surface area contributed by atoms with Gasteiger partial charge in [-0.2, -0.15) is 6.54 Å². The van der Waals surface area contributed by atoms with E-state index in [1.54, 1.807) is 30.3 Å². The molecule has 8 nitrogen and oxygen atoms in total. The van der Waals surface area contributed by atoms with E-state index in [0.717, 1.165) is 17.7 Å². The molecular weight excluding hydrogens is 721 g/mol. The minimum Gasteiger partial charge on any atom is -0.489 e. The Morgan fingerprint density at radius 1 is 1.08 bits per heavy atom. The zero-order valence-electron chi connectivity index (χ0n) is 18.9. The molecule has 1 aliphatic rings. The first-order valence-electron chi connectivity index (χ1n) is 10.8. The summed E-state index contributed by atoms with van der Waals surface area (Å²) in [7, 11) is 0. The molecule has 1 amide bonds. The van der Waals surface area contributed by atoms with Gasteiger partial charge in [0.1, 0.15) is 12.4 Å². The van der Waals surface area contributed by atoms with Gasteiger partial charge in [-0.05, 0) is 65.1 Å². The van der Waals surface area contributed by atoms with E-state index in [1.807, 2.05) is 24.3 Å². The van der Waals surface area contributed by atoms with Gasteiger partial charge >= 0.3 is 5.97 Å². The third-order valence-electron chi connectivity index (χ3n) is 5.61. The Morgan fingerprint density at radius 2 is 1.83 bits per heavy atom. The average Bonchev–Trinajstić information content (AvgIpc) is 3.11. The van der Waals surface area contributed by atoms with E-state index in [4.69, 9.17) is 21.4 Å². The maximum absolute atomic E-state index is 12.6. The van der Waals surface area contributed by atoms with Crippen molar-refractivity contribution in [1.82, 2.24) is 4.90 Å². The second kappa shape index (κ2) is 10.5. The van der Waals surface area contributed by atoms with Crippen LogP contribution in [0.25, 0.3) is 11.1 Å². The molecule has 10 heteroatoms. The summed E-state index contributed by atoms with van der Waals surface area (Å²) < 4.78 is 5.91. The van der Waals surface area contributed by atoms with Gasteiger partial charge in [-0.15, -0.1) is 0 Å². The van der Waals surface area contributed by atoms with E-state index in [9.17, 15) is 24.9 Å². The summed E-state index contributed by atoms with van der Waals surface area (Å²) >= 11 is 5.97. The molecule has 0 aliphatic carbocycles. The Bertz CT molecular complexity index is 1280. The van der Waals surface area contributed by atoms with Crippen molar-refractivity contribution in [3.63, 3.8) is 0 Å². The standard InChI is InChI=1S/C26H23ClNO7.Bk/c27-23-7-4-18(12-22(23)25(31)32)17-3-1-2-16(10-17)14-35-20-5-6-21-19(11-20)13-28(24(21)30)15-26(33,34)8-9-29;/h1-7,10-12,15,29,33-34H,8-9,13-14H2,(H,31,32);/q-1;. The number of benzene rings is 3. The van der Waals surface area contributed by atoms with Crippen LogP contribution in [0, 0.1) is 6.54 Å². The summed E-state index contributed by atoms with van der Waals surface area (Å²) in [6.07, 6.45) is -0.311. The molecule has 1 aliphatic heterocycles. The molecular formula is C26H23BkClNO7-. The number of hydrogen-bond acceptors (Lipinski definition) is 6. The Labute approximate surface area is 206 Å². The first-order chi connectivity index (χ1) is 16.7. The Morgan fingerprint density at radius 3 is 2.56 bits per heavy atom. The van der Waals surface area contributed by atoms with E-state index in [0.29, 0.717) is 22.4 Å². The number of fused-ring (bicyclic) bond motifs is 1. The van der Waals surface area contributed by atoms with Gasteiger partial charge in [-0.3, -0.25) is 4.79 Å². The number of carbonyl (C=O) groups is 2. The third kappa shape index (κ3) is 5.61. The normalized spacial score (nSPS) is 12.8. The third-order valence-corrected chi connectivity index (χ3v) is 5.94. The molecule has 0 spiro atoms. The van der Waals surface area contributed by atoms with E-state index >= 15 is 0 Å². The van der Waals surface area contributed by atoms with Gasteiger partial charge < -0.3 is 30.1 Å². The molecule has 4 rings (SSSR count). The van der Waals surface area contributed by atoms with Crippen LogP contribution >= 0.6 is 11.6 Å². The number of nitrogens with zero attached hydrogens (tertiary/aromatic N) is 1. The van der Waals surface area contributed by atoms with Crippen molar-refractivity contribution in [1.29, 1.82) is 0 Å². The predicted molar refractivity (Wildman–Crippen MR) is 128 cm³/mol. The molecule has 1 heterocycles. The van der Waals surface area contributed by atoms with Gasteiger partial charge in [0.25, 0.3) is 0 Å². The molecule has 0 fully saturated rings. The fourth-order valence-electron chi connectivity index (χ4n) is 3.87. The van der Waals surface area contributed by atoms with Crippen LogP contribution in [0.1, 0.15) is 38.3 Å². The van der Waals surface area contributed by atoms with Crippen LogP contribution in [0.4, 0.5) is 0 Å². The van der Waals surface area contributed by atoms with Gasteiger partial charge in [0.2, 0.25) is 5.91 Å². The molecule has 36 heavy (non-hydrogen) atoms. The predicted octanol–water partition coefficient (Wildman–Crippen LogP) is 3.47. The maximum Gasteiger partial charge on any atom is 0.337 e. The number of carbonyl (C=O) groups excluding carboxylic acids is 1. The maximum atomic E-state index is 12.6. The number of aliphatic hydroxyl groups excluding tert-OH is 1. The van der Waals surface area contributed by atoms with Gasteiger partial charge in [-0.25, -0.2) is 4.79 Å². The number of amides is 1. The number of ether oxygens (including phenoxy) is 1. The van der Waals surface area contributed by atoms with E-state index < -0.39 is 18.4 Å². The van der Waals surface area contributed by atoms with Gasteiger partial charge in [0.05, 0.1) is 16.4 Å². The zero-order chi connectivity index (χ0) is 25.2. The fraction of sp³-hybridized carbons (Fsp3) is 0.192. The van der Waals surface area contributed by atoms with Crippen LogP contribution < -0.4 is 4.74 Å². The molecule has 4 N–H and O–H groups in total. The van der Waals surface area contributed by atoms with Crippen LogP contribution in [0.15, 0.2) is 60.7 Å². The molecule has 1 radical (unpaired) electrons. The summed E-state index contributed by atoms with van der Waals surface area (Å²) in [5.74, 6) is -3.21. The van der Waals surface area contributed by atoms with E-state index in [2.05, 4.69) is 0 Å². The van der Waals surface area contributed by atoms with Crippen LogP contribution in [0.5, 0.6) is 5.75 Å². The van der Waals surface area contributed by atoms with Gasteiger partial charge in [0, 0.05) is 18.7 Å². The number of carboxylic acid groups (broad SMARTS) is 1. The number of halogens is 1. The molecule has 0 atom stereocenters. The van der Waals surface area contributed by atoms with Crippen LogP contribution in [-0.4, -0.2) is 49.6 Å². The molecule has 3 aromatic carbocycles. The first-order valence-corrected chi connectivity index (χ1v) is 11.1. The fourth-order valence-corrected chi connectivity index (χ4v) is 4.07. The van der Waals surface area contributed by atoms with Crippen molar-refractivity contribution in [3.05, 3.63) is 94.5 Å². The average molecular weight is 744 g/mol. The molecule has 0 aromatic heterocycles. The smallest absolute Gasteiger partial charge is 0.337 e. The number of hydrogen-bond donors (Lipinski definition) is 4. The summed E-state index contributed by atoms with van der Waals surface area (Å²) in [5.41, 5.74) is 3.53. The van der Waals surface area contributed by atoms with Crippen LogP contribution in [-0.2, 0) is 13.2 Å². The molecule has 0 saturated heterocycles. The molecule has 0 saturated carbocycles. The van der Waals surface area contributed by atoms with Crippen molar-refractivity contribution in [3.8, 4) is 16.9 Å². The quantitative estimate of drug-likeness (QED) is 0.196. The molecule has 0 unspecified atom stereocenters. The van der Waals surface area contributed by atoms with Crippen LogP contribution in [0.3, 0.4) is 0 Å². The topological polar surface area (TPSA) is 128 Å². The van der Waals surface area contributed by atoms with Crippen molar-refractivity contribution in [2.75, 3.05) is 6.61 Å². The van der Waals surface area contributed by atoms with Gasteiger partial charge in [-0.1, -0.05) is 35.9 Å². The molecule has 3 aromatic rings. The zero-order valence-corrected chi connectivity index (χ0v) is 22.4. The Kier molecular flexibility index (Phi) is 7.60. The summed E-state index contributed by atoms with van der Waals surface area (Å²) in [6, 6.07) is 17.3. The van der Waals surface area contributed by atoms with Crippen molar-refractivity contribution in [2.45, 2.75) is 25.4 Å². The summed E-state index contributed by atoms with van der Waals surface area (Å²) in [6.45, 7) is 0.959. The monoisotopic (exact) mass is 743 g/mol. The first kappa shape index (κ1) is 26.2. The van der Waals surface area contributed by atoms with E-state index in [1.165, 1.54) is 11.0 Å². The number of aliphatic hydroxyl groups is 3. The van der Waals surface area contributed by atoms with E-state index in [-0.39, 0.29) is 36.1 Å². The Hall–Kier alpha value is -4.43. The number of aromatic carboxylic acids is 1. The SMILES string of the molecule is O=C(O)c1cc(-c2cccc(COc3ccc4c(c3)CN([CH-]C(O)(O)CCO)C4=O)c2)ccc1Cl.[Bk].